The molecule has 1 aliphatic heterocycles. The fourth-order valence-corrected chi connectivity index (χ4v) is 3.81. The third-order valence-corrected chi connectivity index (χ3v) is 5.33. The average molecular weight is 301 g/mol. The number of nitrogens with zero attached hydrogens (tertiary/aromatic N) is 2. The van der Waals surface area contributed by atoms with E-state index in [2.05, 4.69) is 32.7 Å². The number of amides is 1. The van der Waals surface area contributed by atoms with Crippen molar-refractivity contribution in [3.63, 3.8) is 0 Å². The van der Waals surface area contributed by atoms with E-state index in [-0.39, 0.29) is 5.91 Å². The molecule has 0 radical (unpaired) electrons. The van der Waals surface area contributed by atoms with Crippen LogP contribution in [0, 0.1) is 5.92 Å². The van der Waals surface area contributed by atoms with Gasteiger partial charge in [-0.1, -0.05) is 0 Å². The molecule has 4 nitrogen and oxygen atoms in total. The molecule has 2 aliphatic rings. The molecule has 0 bridgehead atoms. The molecule has 0 aromatic carbocycles. The number of carbonyl (C=O) groups is 1. The molecule has 21 heavy (non-hydrogen) atoms. The Hall–Kier alpha value is -1.62. The summed E-state index contributed by atoms with van der Waals surface area (Å²) in [5.41, 5.74) is 0. The van der Waals surface area contributed by atoms with Crippen molar-refractivity contribution < 1.29 is 4.79 Å². The van der Waals surface area contributed by atoms with Crippen LogP contribution in [0.25, 0.3) is 10.1 Å². The third-order valence-electron chi connectivity index (χ3n) is 4.45. The number of carbonyl (C=O) groups excluding carboxylic acids is 1. The number of anilines is 1. The summed E-state index contributed by atoms with van der Waals surface area (Å²) in [4.78, 5) is 18.8. The van der Waals surface area contributed by atoms with Crippen LogP contribution in [-0.4, -0.2) is 30.0 Å². The molecule has 3 heterocycles. The lowest BCUT2D eigenvalue weighted by molar-refractivity contribution is -0.123. The van der Waals surface area contributed by atoms with Crippen LogP contribution in [0.3, 0.4) is 0 Å². The molecule has 0 spiro atoms. The fraction of sp³-hybridized carbons (Fsp3) is 0.500. The molecule has 0 unspecified atom stereocenters. The monoisotopic (exact) mass is 301 g/mol. The van der Waals surface area contributed by atoms with E-state index < -0.39 is 0 Å². The van der Waals surface area contributed by atoms with Crippen molar-refractivity contribution in [1.82, 2.24) is 10.3 Å². The van der Waals surface area contributed by atoms with Gasteiger partial charge in [-0.05, 0) is 43.2 Å². The Kier molecular flexibility index (Phi) is 3.30. The number of fused-ring (bicyclic) bond motifs is 1. The van der Waals surface area contributed by atoms with Gasteiger partial charge >= 0.3 is 0 Å². The van der Waals surface area contributed by atoms with Crippen LogP contribution in [0.4, 0.5) is 5.82 Å². The van der Waals surface area contributed by atoms with E-state index in [1.165, 1.54) is 10.1 Å². The van der Waals surface area contributed by atoms with Gasteiger partial charge in [-0.2, -0.15) is 0 Å². The van der Waals surface area contributed by atoms with Gasteiger partial charge in [0.25, 0.3) is 0 Å². The van der Waals surface area contributed by atoms with Gasteiger partial charge in [-0.3, -0.25) is 4.79 Å². The Labute approximate surface area is 128 Å². The molecule has 2 aromatic rings. The van der Waals surface area contributed by atoms with Crippen LogP contribution in [0.2, 0.25) is 0 Å². The molecule has 5 heteroatoms. The highest BCUT2D eigenvalue weighted by Gasteiger charge is 2.32. The minimum atomic E-state index is 0.270. The largest absolute Gasteiger partial charge is 0.356 e. The molecule has 1 amide bonds. The third kappa shape index (κ3) is 2.62. The minimum absolute atomic E-state index is 0.270. The molecule has 110 valence electrons. The van der Waals surface area contributed by atoms with Crippen LogP contribution in [0.5, 0.6) is 0 Å². The van der Waals surface area contributed by atoms with Gasteiger partial charge in [0.1, 0.15) is 5.82 Å². The Balaban J connectivity index is 1.42. The van der Waals surface area contributed by atoms with Gasteiger partial charge in [-0.15, -0.1) is 11.3 Å². The molecule has 1 saturated carbocycles. The van der Waals surface area contributed by atoms with Crippen molar-refractivity contribution in [2.75, 3.05) is 18.0 Å². The maximum Gasteiger partial charge on any atom is 0.223 e. The topological polar surface area (TPSA) is 45.2 Å². The number of rotatable bonds is 3. The molecular formula is C16H19N3OS. The van der Waals surface area contributed by atoms with E-state index in [0.717, 1.165) is 44.6 Å². The van der Waals surface area contributed by atoms with Crippen LogP contribution < -0.4 is 10.2 Å². The van der Waals surface area contributed by atoms with Crippen LogP contribution in [0.1, 0.15) is 25.7 Å². The molecular weight excluding hydrogens is 282 g/mol. The maximum absolute atomic E-state index is 11.8. The highest BCUT2D eigenvalue weighted by molar-refractivity contribution is 7.17. The number of nitrogens with one attached hydrogen (secondary N) is 1. The summed E-state index contributed by atoms with van der Waals surface area (Å²) in [6.07, 6.45) is 6.08. The summed E-state index contributed by atoms with van der Waals surface area (Å²) in [5.74, 6) is 1.68. The SMILES string of the molecule is O=C(NC1CCN(c2nccc3sccc23)CC1)C1CC1. The molecule has 0 atom stereocenters. The summed E-state index contributed by atoms with van der Waals surface area (Å²) < 4.78 is 1.30. The predicted molar refractivity (Wildman–Crippen MR) is 85.7 cm³/mol. The van der Waals surface area contributed by atoms with Gasteiger partial charge < -0.3 is 10.2 Å². The Morgan fingerprint density at radius 3 is 2.81 bits per heavy atom. The maximum atomic E-state index is 11.8. The highest BCUT2D eigenvalue weighted by Crippen LogP contribution is 2.31. The average Bonchev–Trinajstić information content (AvgIpc) is 3.25. The summed E-state index contributed by atoms with van der Waals surface area (Å²) in [6.45, 7) is 1.94. The van der Waals surface area contributed by atoms with Crippen molar-refractivity contribution in [1.29, 1.82) is 0 Å². The van der Waals surface area contributed by atoms with Crippen molar-refractivity contribution >= 4 is 33.1 Å². The fourth-order valence-electron chi connectivity index (χ4n) is 3.03. The highest BCUT2D eigenvalue weighted by atomic mass is 32.1. The first-order chi connectivity index (χ1) is 10.3. The van der Waals surface area contributed by atoms with Crippen molar-refractivity contribution in [3.05, 3.63) is 23.7 Å². The zero-order chi connectivity index (χ0) is 14.2. The second-order valence-corrected chi connectivity index (χ2v) is 6.96. The minimum Gasteiger partial charge on any atom is -0.356 e. The first-order valence-corrected chi connectivity index (χ1v) is 8.57. The normalized spacial score (nSPS) is 19.9. The van der Waals surface area contributed by atoms with Crippen molar-refractivity contribution in [2.24, 2.45) is 5.92 Å². The van der Waals surface area contributed by atoms with Crippen LogP contribution >= 0.6 is 11.3 Å². The molecule has 4 rings (SSSR count). The number of thiophene rings is 1. The first-order valence-electron chi connectivity index (χ1n) is 7.69. The molecule has 1 saturated heterocycles. The number of pyridine rings is 1. The lowest BCUT2D eigenvalue weighted by atomic mass is 10.0. The first kappa shape index (κ1) is 13.1. The molecule has 1 aliphatic carbocycles. The molecule has 2 fully saturated rings. The number of hydrogen-bond acceptors (Lipinski definition) is 4. The van der Waals surface area contributed by atoms with Gasteiger partial charge in [0, 0.05) is 41.3 Å². The summed E-state index contributed by atoms with van der Waals surface area (Å²) in [6, 6.07) is 4.58. The molecule has 1 N–H and O–H groups in total. The number of aromatic nitrogens is 1. The molecule has 2 aromatic heterocycles. The quantitative estimate of drug-likeness (QED) is 0.948. The van der Waals surface area contributed by atoms with Gasteiger partial charge in [-0.25, -0.2) is 4.98 Å². The van der Waals surface area contributed by atoms with Gasteiger partial charge in [0.15, 0.2) is 0 Å². The van der Waals surface area contributed by atoms with E-state index in [4.69, 9.17) is 0 Å². The second-order valence-electron chi connectivity index (χ2n) is 6.01. The smallest absolute Gasteiger partial charge is 0.223 e. The number of hydrogen-bond donors (Lipinski definition) is 1. The lowest BCUT2D eigenvalue weighted by Crippen LogP contribution is -2.45. The van der Waals surface area contributed by atoms with Crippen molar-refractivity contribution in [3.8, 4) is 0 Å². The Morgan fingerprint density at radius 2 is 2.05 bits per heavy atom. The number of piperidine rings is 1. The second kappa shape index (κ2) is 5.30. The van der Waals surface area contributed by atoms with Gasteiger partial charge in [0.2, 0.25) is 5.91 Å². The summed E-state index contributed by atoms with van der Waals surface area (Å²) in [7, 11) is 0. The van der Waals surface area contributed by atoms with E-state index in [9.17, 15) is 4.79 Å². The predicted octanol–water partition coefficient (Wildman–Crippen LogP) is 2.79. The lowest BCUT2D eigenvalue weighted by Gasteiger charge is -2.33. The Morgan fingerprint density at radius 1 is 1.24 bits per heavy atom. The summed E-state index contributed by atoms with van der Waals surface area (Å²) >= 11 is 1.76. The van der Waals surface area contributed by atoms with E-state index in [1.54, 1.807) is 11.3 Å². The zero-order valence-corrected chi connectivity index (χ0v) is 12.7. The Bertz CT molecular complexity index is 656. The van der Waals surface area contributed by atoms with E-state index >= 15 is 0 Å². The van der Waals surface area contributed by atoms with Crippen LogP contribution in [0.15, 0.2) is 23.7 Å². The van der Waals surface area contributed by atoms with Gasteiger partial charge in [0.05, 0.1) is 0 Å². The van der Waals surface area contributed by atoms with E-state index in [1.807, 2.05) is 6.20 Å². The van der Waals surface area contributed by atoms with E-state index in [0.29, 0.717) is 12.0 Å². The van der Waals surface area contributed by atoms with Crippen molar-refractivity contribution in [2.45, 2.75) is 31.7 Å². The summed E-state index contributed by atoms with van der Waals surface area (Å²) in [5, 5.41) is 6.58. The standard InChI is InChI=1S/C16H19N3OS/c20-16(11-1-2-11)18-12-4-8-19(9-5-12)15-13-6-10-21-14(13)3-7-17-15/h3,6-7,10-12H,1-2,4-5,8-9H2,(H,18,20). The van der Waals surface area contributed by atoms with Crippen LogP contribution in [-0.2, 0) is 4.79 Å². The zero-order valence-electron chi connectivity index (χ0n) is 11.9.